The monoisotopic (exact) mass is 480 g/mol. The summed E-state index contributed by atoms with van der Waals surface area (Å²) in [5.74, 6) is -1.23. The number of amides is 1. The number of aromatic nitrogens is 3. The first-order valence-electron chi connectivity index (χ1n) is 9.85. The molecule has 12 heteroatoms. The van der Waals surface area contributed by atoms with Crippen LogP contribution in [0.3, 0.4) is 0 Å². The molecule has 0 aliphatic rings. The fourth-order valence-electron chi connectivity index (χ4n) is 3.09. The Morgan fingerprint density at radius 2 is 1.79 bits per heavy atom. The number of nitrogens with zero attached hydrogens (tertiary/aromatic N) is 2. The van der Waals surface area contributed by atoms with Gasteiger partial charge >= 0.3 is 13.2 Å². The standard InChI is InChI=1S/C22H20F4N4O4/c1-22(2,19(27)32)9-11-3-5-15(33-20(23)24)13(7-11)18-29-14(8-16(31)30-18)12-4-6-17(28-10-12)34-21(25)26/h3-8,10,20-21H,9H2,1-2H3,(H2,27,32)(H,29,30,31). The third-order valence-corrected chi connectivity index (χ3v) is 4.81. The molecule has 3 N–H and O–H groups in total. The molecular weight excluding hydrogens is 460 g/mol. The first kappa shape index (κ1) is 24.7. The van der Waals surface area contributed by atoms with Crippen molar-refractivity contribution in [1.29, 1.82) is 0 Å². The Balaban J connectivity index is 2.06. The quantitative estimate of drug-likeness (QED) is 0.450. The lowest BCUT2D eigenvalue weighted by Crippen LogP contribution is -2.33. The summed E-state index contributed by atoms with van der Waals surface area (Å²) in [5, 5.41) is 0. The van der Waals surface area contributed by atoms with Crippen LogP contribution >= 0.6 is 0 Å². The number of nitrogens with two attached hydrogens (primary N) is 1. The van der Waals surface area contributed by atoms with Crippen LogP contribution in [0.2, 0.25) is 0 Å². The summed E-state index contributed by atoms with van der Waals surface area (Å²) in [7, 11) is 0. The lowest BCUT2D eigenvalue weighted by molar-refractivity contribution is -0.125. The Kier molecular flexibility index (Phi) is 7.18. The van der Waals surface area contributed by atoms with Crippen molar-refractivity contribution in [3.63, 3.8) is 0 Å². The number of pyridine rings is 1. The first-order valence-corrected chi connectivity index (χ1v) is 9.85. The van der Waals surface area contributed by atoms with Crippen LogP contribution in [0.15, 0.2) is 47.4 Å². The predicted octanol–water partition coefficient (Wildman–Crippen LogP) is 3.76. The number of hydrogen-bond donors (Lipinski definition) is 2. The molecule has 0 aliphatic carbocycles. The second-order valence-electron chi connectivity index (χ2n) is 7.88. The van der Waals surface area contributed by atoms with E-state index in [-0.39, 0.29) is 40.7 Å². The van der Waals surface area contributed by atoms with Crippen molar-refractivity contribution in [3.05, 3.63) is 58.5 Å². The molecule has 1 aromatic carbocycles. The summed E-state index contributed by atoms with van der Waals surface area (Å²) in [6.07, 6.45) is 1.36. The average molecular weight is 480 g/mol. The van der Waals surface area contributed by atoms with Gasteiger partial charge < -0.3 is 20.2 Å². The molecule has 0 atom stereocenters. The number of carbonyl (C=O) groups excluding carboxylic acids is 1. The van der Waals surface area contributed by atoms with E-state index in [2.05, 4.69) is 24.4 Å². The molecule has 0 saturated carbocycles. The number of alkyl halides is 4. The minimum atomic E-state index is -3.15. The third-order valence-electron chi connectivity index (χ3n) is 4.81. The SMILES string of the molecule is CC(C)(Cc1ccc(OC(F)F)c(-c2nc(-c3ccc(OC(F)F)nc3)cc(=O)[nH]2)c1)C(N)=O. The molecule has 2 aromatic heterocycles. The maximum Gasteiger partial charge on any atom is 0.388 e. The van der Waals surface area contributed by atoms with E-state index in [9.17, 15) is 27.2 Å². The van der Waals surface area contributed by atoms with Crippen molar-refractivity contribution in [2.45, 2.75) is 33.5 Å². The Morgan fingerprint density at radius 1 is 1.09 bits per heavy atom. The molecular formula is C22H20F4N4O4. The van der Waals surface area contributed by atoms with Gasteiger partial charge in [-0.25, -0.2) is 9.97 Å². The number of rotatable bonds is 9. The zero-order chi connectivity index (χ0) is 25.0. The van der Waals surface area contributed by atoms with Gasteiger partial charge in [-0.3, -0.25) is 9.59 Å². The molecule has 180 valence electrons. The third kappa shape index (κ3) is 6.09. The van der Waals surface area contributed by atoms with E-state index >= 15 is 0 Å². The predicted molar refractivity (Wildman–Crippen MR) is 113 cm³/mol. The lowest BCUT2D eigenvalue weighted by atomic mass is 9.84. The van der Waals surface area contributed by atoms with Gasteiger partial charge in [-0.2, -0.15) is 17.6 Å². The summed E-state index contributed by atoms with van der Waals surface area (Å²) in [4.78, 5) is 34.5. The minimum absolute atomic E-state index is 0.0441. The Hall–Kier alpha value is -3.96. The number of primary amides is 1. The molecule has 0 saturated heterocycles. The van der Waals surface area contributed by atoms with Gasteiger partial charge in [-0.05, 0) is 30.2 Å². The van der Waals surface area contributed by atoms with E-state index in [1.54, 1.807) is 13.8 Å². The minimum Gasteiger partial charge on any atom is -0.434 e. The van der Waals surface area contributed by atoms with Gasteiger partial charge in [-0.15, -0.1) is 0 Å². The molecule has 0 aliphatic heterocycles. The zero-order valence-corrected chi connectivity index (χ0v) is 18.0. The molecule has 8 nitrogen and oxygen atoms in total. The topological polar surface area (TPSA) is 120 Å². The van der Waals surface area contributed by atoms with Crippen molar-refractivity contribution in [3.8, 4) is 34.3 Å². The molecule has 0 spiro atoms. The highest BCUT2D eigenvalue weighted by Crippen LogP contribution is 2.33. The average Bonchev–Trinajstić information content (AvgIpc) is 2.74. The fourth-order valence-corrected chi connectivity index (χ4v) is 3.09. The molecule has 3 rings (SSSR count). The van der Waals surface area contributed by atoms with Gasteiger partial charge in [0, 0.05) is 29.3 Å². The number of halogens is 4. The highest BCUT2D eigenvalue weighted by molar-refractivity contribution is 5.80. The van der Waals surface area contributed by atoms with Crippen LogP contribution in [0.25, 0.3) is 22.6 Å². The van der Waals surface area contributed by atoms with E-state index in [0.29, 0.717) is 5.56 Å². The van der Waals surface area contributed by atoms with E-state index in [0.717, 1.165) is 6.07 Å². The molecule has 0 fully saturated rings. The van der Waals surface area contributed by atoms with Crippen LogP contribution in [-0.4, -0.2) is 34.1 Å². The molecule has 0 radical (unpaired) electrons. The summed E-state index contributed by atoms with van der Waals surface area (Å²) < 4.78 is 59.4. The highest BCUT2D eigenvalue weighted by atomic mass is 19.3. The number of ether oxygens (including phenoxy) is 2. The van der Waals surface area contributed by atoms with Crippen molar-refractivity contribution < 1.29 is 31.8 Å². The maximum absolute atomic E-state index is 13.0. The normalized spacial score (nSPS) is 11.6. The van der Waals surface area contributed by atoms with Crippen LogP contribution in [0, 0.1) is 5.41 Å². The second kappa shape index (κ2) is 9.89. The Bertz CT molecular complexity index is 1230. The van der Waals surface area contributed by atoms with Gasteiger partial charge in [-0.1, -0.05) is 19.9 Å². The Morgan fingerprint density at radius 3 is 2.38 bits per heavy atom. The van der Waals surface area contributed by atoms with Gasteiger partial charge in [0.1, 0.15) is 11.6 Å². The van der Waals surface area contributed by atoms with Crippen LogP contribution < -0.4 is 20.8 Å². The van der Waals surface area contributed by atoms with Crippen molar-refractivity contribution in [1.82, 2.24) is 15.0 Å². The molecule has 1 amide bonds. The van der Waals surface area contributed by atoms with Crippen LogP contribution in [0.4, 0.5) is 17.6 Å². The largest absolute Gasteiger partial charge is 0.434 e. The van der Waals surface area contributed by atoms with Gasteiger partial charge in [0.15, 0.2) is 0 Å². The number of carbonyl (C=O) groups is 1. The molecule has 2 heterocycles. The maximum atomic E-state index is 13.0. The second-order valence-corrected chi connectivity index (χ2v) is 7.88. The van der Waals surface area contributed by atoms with Crippen molar-refractivity contribution in [2.75, 3.05) is 0 Å². The molecule has 0 bridgehead atoms. The van der Waals surface area contributed by atoms with Crippen LogP contribution in [0.1, 0.15) is 19.4 Å². The number of hydrogen-bond acceptors (Lipinski definition) is 6. The smallest absolute Gasteiger partial charge is 0.388 e. The molecule has 34 heavy (non-hydrogen) atoms. The van der Waals surface area contributed by atoms with E-state index in [4.69, 9.17) is 5.73 Å². The summed E-state index contributed by atoms with van der Waals surface area (Å²) in [6.45, 7) is -2.93. The van der Waals surface area contributed by atoms with Crippen molar-refractivity contribution >= 4 is 5.91 Å². The number of nitrogens with one attached hydrogen (secondary N) is 1. The fraction of sp³-hybridized carbons (Fsp3) is 0.273. The number of H-pyrrole nitrogens is 1. The van der Waals surface area contributed by atoms with Crippen LogP contribution in [-0.2, 0) is 11.2 Å². The zero-order valence-electron chi connectivity index (χ0n) is 18.0. The highest BCUT2D eigenvalue weighted by Gasteiger charge is 2.26. The first-order chi connectivity index (χ1) is 15.9. The summed E-state index contributed by atoms with van der Waals surface area (Å²) in [6, 6.07) is 7.89. The van der Waals surface area contributed by atoms with E-state index in [1.165, 1.54) is 36.5 Å². The summed E-state index contributed by atoms with van der Waals surface area (Å²) >= 11 is 0. The lowest BCUT2D eigenvalue weighted by Gasteiger charge is -2.21. The Labute approximate surface area is 190 Å². The molecule has 3 aromatic rings. The van der Waals surface area contributed by atoms with E-state index < -0.39 is 30.1 Å². The van der Waals surface area contributed by atoms with Crippen molar-refractivity contribution in [2.24, 2.45) is 11.1 Å². The van der Waals surface area contributed by atoms with Gasteiger partial charge in [0.2, 0.25) is 11.8 Å². The molecule has 0 unspecified atom stereocenters. The van der Waals surface area contributed by atoms with Gasteiger partial charge in [0.25, 0.3) is 5.56 Å². The number of benzene rings is 1. The summed E-state index contributed by atoms with van der Waals surface area (Å²) in [5.41, 5.74) is 4.87. The number of aromatic amines is 1. The van der Waals surface area contributed by atoms with E-state index in [1.807, 2.05) is 0 Å². The van der Waals surface area contributed by atoms with Crippen LogP contribution in [0.5, 0.6) is 11.6 Å². The van der Waals surface area contributed by atoms with Gasteiger partial charge in [0.05, 0.1) is 11.3 Å².